The van der Waals surface area contributed by atoms with E-state index < -0.39 is 11.9 Å². The van der Waals surface area contributed by atoms with Gasteiger partial charge in [-0.1, -0.05) is 30.3 Å². The first-order valence-electron chi connectivity index (χ1n) is 5.80. The molecule has 1 saturated carbocycles. The van der Waals surface area contributed by atoms with Gasteiger partial charge in [0.25, 0.3) is 0 Å². The SMILES string of the molecule is NC(=O)[C@@H](Cc1ccccc1)NC(=O)C1CC1. The van der Waals surface area contributed by atoms with E-state index in [0.717, 1.165) is 18.4 Å². The topological polar surface area (TPSA) is 72.2 Å². The Morgan fingerprint density at radius 3 is 2.47 bits per heavy atom. The molecule has 1 atom stereocenters. The molecule has 0 heterocycles. The maximum atomic E-state index is 11.6. The number of carbonyl (C=O) groups excluding carboxylic acids is 2. The number of rotatable bonds is 5. The summed E-state index contributed by atoms with van der Waals surface area (Å²) in [5.41, 5.74) is 6.29. The van der Waals surface area contributed by atoms with Crippen molar-refractivity contribution in [2.45, 2.75) is 25.3 Å². The molecule has 1 aliphatic carbocycles. The van der Waals surface area contributed by atoms with E-state index in [9.17, 15) is 9.59 Å². The van der Waals surface area contributed by atoms with Crippen LogP contribution in [0.2, 0.25) is 0 Å². The molecule has 1 aromatic carbocycles. The number of carbonyl (C=O) groups is 2. The largest absolute Gasteiger partial charge is 0.368 e. The first kappa shape index (κ1) is 11.6. The van der Waals surface area contributed by atoms with E-state index in [1.54, 1.807) is 0 Å². The van der Waals surface area contributed by atoms with E-state index in [0.29, 0.717) is 6.42 Å². The van der Waals surface area contributed by atoms with Crippen LogP contribution in [0.15, 0.2) is 30.3 Å². The summed E-state index contributed by atoms with van der Waals surface area (Å²) in [5.74, 6) is -0.444. The van der Waals surface area contributed by atoms with Crippen LogP contribution in [-0.4, -0.2) is 17.9 Å². The lowest BCUT2D eigenvalue weighted by atomic mass is 10.1. The molecule has 3 N–H and O–H groups in total. The van der Waals surface area contributed by atoms with Crippen molar-refractivity contribution in [1.29, 1.82) is 0 Å². The first-order valence-corrected chi connectivity index (χ1v) is 5.80. The summed E-state index contributed by atoms with van der Waals surface area (Å²) in [6.45, 7) is 0. The molecule has 0 aliphatic heterocycles. The zero-order valence-corrected chi connectivity index (χ0v) is 9.56. The van der Waals surface area contributed by atoms with Gasteiger partial charge in [-0.25, -0.2) is 0 Å². The second kappa shape index (κ2) is 4.99. The van der Waals surface area contributed by atoms with E-state index >= 15 is 0 Å². The Labute approximate surface area is 100 Å². The normalized spacial score (nSPS) is 16.2. The van der Waals surface area contributed by atoms with E-state index in [-0.39, 0.29) is 11.8 Å². The van der Waals surface area contributed by atoms with Gasteiger partial charge in [-0.2, -0.15) is 0 Å². The minimum atomic E-state index is -0.606. The highest BCUT2D eigenvalue weighted by atomic mass is 16.2. The molecule has 17 heavy (non-hydrogen) atoms. The van der Waals surface area contributed by atoms with Gasteiger partial charge in [0.1, 0.15) is 6.04 Å². The van der Waals surface area contributed by atoms with Crippen LogP contribution in [0.25, 0.3) is 0 Å². The van der Waals surface area contributed by atoms with Gasteiger partial charge in [0.15, 0.2) is 0 Å². The summed E-state index contributed by atoms with van der Waals surface area (Å²) in [6.07, 6.45) is 2.29. The van der Waals surface area contributed by atoms with Crippen LogP contribution >= 0.6 is 0 Å². The zero-order valence-electron chi connectivity index (χ0n) is 9.56. The minimum Gasteiger partial charge on any atom is -0.368 e. The molecule has 4 heteroatoms. The van der Waals surface area contributed by atoms with E-state index in [1.807, 2.05) is 30.3 Å². The van der Waals surface area contributed by atoms with Crippen LogP contribution in [-0.2, 0) is 16.0 Å². The summed E-state index contributed by atoms with van der Waals surface area (Å²) in [4.78, 5) is 22.9. The molecular formula is C13H16N2O2. The highest BCUT2D eigenvalue weighted by Gasteiger charge is 2.32. The quantitative estimate of drug-likeness (QED) is 0.780. The lowest BCUT2D eigenvalue weighted by Crippen LogP contribution is -2.46. The number of primary amides is 1. The molecule has 2 rings (SSSR count). The third-order valence-corrected chi connectivity index (χ3v) is 2.89. The van der Waals surface area contributed by atoms with E-state index in [2.05, 4.69) is 5.32 Å². The molecule has 90 valence electrons. The van der Waals surface area contributed by atoms with Gasteiger partial charge in [0.2, 0.25) is 11.8 Å². The number of hydrogen-bond donors (Lipinski definition) is 2. The van der Waals surface area contributed by atoms with E-state index in [1.165, 1.54) is 0 Å². The number of amides is 2. The molecule has 0 aromatic heterocycles. The number of nitrogens with two attached hydrogens (primary N) is 1. The van der Waals surface area contributed by atoms with Crippen LogP contribution < -0.4 is 11.1 Å². The Balaban J connectivity index is 1.97. The molecule has 0 unspecified atom stereocenters. The van der Waals surface area contributed by atoms with Crippen LogP contribution in [0.5, 0.6) is 0 Å². The van der Waals surface area contributed by atoms with Gasteiger partial charge in [-0.3, -0.25) is 9.59 Å². The fourth-order valence-corrected chi connectivity index (χ4v) is 1.71. The highest BCUT2D eigenvalue weighted by molar-refractivity contribution is 5.88. The van der Waals surface area contributed by atoms with Crippen molar-refractivity contribution in [1.82, 2.24) is 5.32 Å². The van der Waals surface area contributed by atoms with Gasteiger partial charge in [0.05, 0.1) is 0 Å². The molecule has 0 bridgehead atoms. The Morgan fingerprint density at radius 1 is 1.29 bits per heavy atom. The molecule has 1 fully saturated rings. The summed E-state index contributed by atoms with van der Waals surface area (Å²) in [6, 6.07) is 8.93. The molecule has 2 amide bonds. The van der Waals surface area contributed by atoms with Crippen molar-refractivity contribution in [3.63, 3.8) is 0 Å². The van der Waals surface area contributed by atoms with Crippen molar-refractivity contribution in [3.05, 3.63) is 35.9 Å². The maximum absolute atomic E-state index is 11.6. The van der Waals surface area contributed by atoms with Crippen molar-refractivity contribution in [2.75, 3.05) is 0 Å². The fraction of sp³-hybridized carbons (Fsp3) is 0.385. The van der Waals surface area contributed by atoms with Gasteiger partial charge < -0.3 is 11.1 Å². The Morgan fingerprint density at radius 2 is 1.94 bits per heavy atom. The van der Waals surface area contributed by atoms with Crippen LogP contribution in [0.4, 0.5) is 0 Å². The second-order valence-corrected chi connectivity index (χ2v) is 4.43. The third kappa shape index (κ3) is 3.31. The molecule has 0 spiro atoms. The fourth-order valence-electron chi connectivity index (χ4n) is 1.71. The monoisotopic (exact) mass is 232 g/mol. The highest BCUT2D eigenvalue weighted by Crippen LogP contribution is 2.28. The minimum absolute atomic E-state index is 0.0512. The average Bonchev–Trinajstić information content (AvgIpc) is 3.13. The lowest BCUT2D eigenvalue weighted by Gasteiger charge is -2.15. The van der Waals surface area contributed by atoms with Gasteiger partial charge >= 0.3 is 0 Å². The second-order valence-electron chi connectivity index (χ2n) is 4.43. The summed E-state index contributed by atoms with van der Waals surface area (Å²) in [5, 5.41) is 2.71. The zero-order chi connectivity index (χ0) is 12.3. The predicted octanol–water partition coefficient (Wildman–Crippen LogP) is 0.609. The predicted molar refractivity (Wildman–Crippen MR) is 64.0 cm³/mol. The van der Waals surface area contributed by atoms with Crippen LogP contribution in [0, 0.1) is 5.92 Å². The van der Waals surface area contributed by atoms with Crippen molar-refractivity contribution in [3.8, 4) is 0 Å². The molecule has 1 aliphatic rings. The average molecular weight is 232 g/mol. The first-order chi connectivity index (χ1) is 8.16. The molecule has 1 aromatic rings. The Kier molecular flexibility index (Phi) is 3.42. The standard InChI is InChI=1S/C13H16N2O2/c14-12(16)11(15-13(17)10-6-7-10)8-9-4-2-1-3-5-9/h1-5,10-11H,6-8H2,(H2,14,16)(H,15,17)/t11-/m1/s1. The summed E-state index contributed by atoms with van der Waals surface area (Å²) in [7, 11) is 0. The summed E-state index contributed by atoms with van der Waals surface area (Å²) >= 11 is 0. The van der Waals surface area contributed by atoms with Crippen molar-refractivity contribution < 1.29 is 9.59 Å². The number of hydrogen-bond acceptors (Lipinski definition) is 2. The Bertz CT molecular complexity index is 413. The lowest BCUT2D eigenvalue weighted by molar-refractivity contribution is -0.128. The molecule has 0 radical (unpaired) electrons. The molecular weight excluding hydrogens is 216 g/mol. The van der Waals surface area contributed by atoms with Gasteiger partial charge in [0, 0.05) is 12.3 Å². The summed E-state index contributed by atoms with van der Waals surface area (Å²) < 4.78 is 0. The Hall–Kier alpha value is -1.84. The van der Waals surface area contributed by atoms with Crippen molar-refractivity contribution in [2.24, 2.45) is 11.7 Å². The maximum Gasteiger partial charge on any atom is 0.240 e. The number of benzene rings is 1. The molecule has 4 nitrogen and oxygen atoms in total. The third-order valence-electron chi connectivity index (χ3n) is 2.89. The van der Waals surface area contributed by atoms with Gasteiger partial charge in [-0.15, -0.1) is 0 Å². The van der Waals surface area contributed by atoms with Crippen LogP contribution in [0.3, 0.4) is 0 Å². The van der Waals surface area contributed by atoms with Crippen LogP contribution in [0.1, 0.15) is 18.4 Å². The van der Waals surface area contributed by atoms with Crippen molar-refractivity contribution >= 4 is 11.8 Å². The van der Waals surface area contributed by atoms with Gasteiger partial charge in [-0.05, 0) is 18.4 Å². The van der Waals surface area contributed by atoms with E-state index in [4.69, 9.17) is 5.73 Å². The molecule has 0 saturated heterocycles. The number of nitrogens with one attached hydrogen (secondary N) is 1. The smallest absolute Gasteiger partial charge is 0.240 e.